The number of nitrogens with zero attached hydrogens (tertiary/aromatic N) is 2. The van der Waals surface area contributed by atoms with Crippen molar-refractivity contribution in [1.29, 1.82) is 0 Å². The van der Waals surface area contributed by atoms with Crippen molar-refractivity contribution in [3.63, 3.8) is 0 Å². The Hall–Kier alpha value is -5.99. The zero-order valence-electron chi connectivity index (χ0n) is 27.5. The molecule has 2 heterocycles. The van der Waals surface area contributed by atoms with Crippen LogP contribution >= 0.6 is 0 Å². The number of fused-ring (bicyclic) bond motifs is 8. The monoisotopic (exact) mass is 616 g/mol. The van der Waals surface area contributed by atoms with Gasteiger partial charge in [0.05, 0.1) is 16.6 Å². The zero-order valence-corrected chi connectivity index (χ0v) is 27.5. The molecule has 0 bridgehead atoms. The Morgan fingerprint density at radius 1 is 0.583 bits per heavy atom. The summed E-state index contributed by atoms with van der Waals surface area (Å²) in [5.74, 6) is 0. The highest BCUT2D eigenvalue weighted by Crippen LogP contribution is 2.44. The van der Waals surface area contributed by atoms with Crippen molar-refractivity contribution in [2.24, 2.45) is 0 Å². The van der Waals surface area contributed by atoms with Crippen LogP contribution in [-0.2, 0) is 0 Å². The number of pyridine rings is 1. The third-order valence-corrected chi connectivity index (χ3v) is 9.40. The SMILES string of the molecule is C/C(=C\C=C1c2ccccc2-c2ccccc21)c1ccc(-c2ccc3c(c2)c2ncc4ccccc4c2n3-c2ccccc2)cc1.CC. The number of allylic oxidation sites excluding steroid dienone is 3. The number of aromatic nitrogens is 2. The lowest BCUT2D eigenvalue weighted by atomic mass is 9.98. The van der Waals surface area contributed by atoms with Gasteiger partial charge in [0.15, 0.2) is 0 Å². The molecule has 0 fully saturated rings. The third kappa shape index (κ3) is 4.85. The van der Waals surface area contributed by atoms with Crippen molar-refractivity contribution in [3.8, 4) is 27.9 Å². The van der Waals surface area contributed by atoms with Crippen molar-refractivity contribution in [3.05, 3.63) is 181 Å². The molecule has 0 aliphatic heterocycles. The molecule has 0 amide bonds. The van der Waals surface area contributed by atoms with Gasteiger partial charge in [0.25, 0.3) is 0 Å². The van der Waals surface area contributed by atoms with E-state index in [4.69, 9.17) is 4.98 Å². The molecule has 1 aliphatic carbocycles. The summed E-state index contributed by atoms with van der Waals surface area (Å²) in [6, 6.07) is 52.3. The molecule has 0 spiro atoms. The van der Waals surface area contributed by atoms with Gasteiger partial charge in [-0.3, -0.25) is 4.98 Å². The minimum Gasteiger partial charge on any atom is -0.307 e. The Morgan fingerprint density at radius 2 is 1.19 bits per heavy atom. The lowest BCUT2D eigenvalue weighted by Gasteiger charge is -2.09. The Bertz CT molecular complexity index is 2460. The summed E-state index contributed by atoms with van der Waals surface area (Å²) < 4.78 is 2.36. The molecular weight excluding hydrogens is 581 g/mol. The molecule has 8 aromatic rings. The molecule has 2 nitrogen and oxygen atoms in total. The third-order valence-electron chi connectivity index (χ3n) is 9.40. The molecule has 0 atom stereocenters. The predicted octanol–water partition coefficient (Wildman–Crippen LogP) is 12.5. The maximum Gasteiger partial charge on any atom is 0.0970 e. The van der Waals surface area contributed by atoms with Gasteiger partial charge in [-0.05, 0) is 81.3 Å². The molecule has 48 heavy (non-hydrogen) atoms. The van der Waals surface area contributed by atoms with Crippen LogP contribution in [0.4, 0.5) is 0 Å². The van der Waals surface area contributed by atoms with Crippen LogP contribution in [-0.4, -0.2) is 9.55 Å². The van der Waals surface area contributed by atoms with E-state index in [2.05, 4.69) is 169 Å². The molecule has 0 N–H and O–H groups in total. The molecule has 0 saturated carbocycles. The Morgan fingerprint density at radius 3 is 1.90 bits per heavy atom. The van der Waals surface area contributed by atoms with Crippen LogP contribution in [0.15, 0.2) is 164 Å². The van der Waals surface area contributed by atoms with Crippen molar-refractivity contribution >= 4 is 43.9 Å². The fourth-order valence-corrected chi connectivity index (χ4v) is 7.10. The molecule has 9 rings (SSSR count). The van der Waals surface area contributed by atoms with E-state index in [0.29, 0.717) is 0 Å². The lowest BCUT2D eigenvalue weighted by molar-refractivity contribution is 1.18. The highest BCUT2D eigenvalue weighted by atomic mass is 15.0. The van der Waals surface area contributed by atoms with Gasteiger partial charge in [-0.15, -0.1) is 0 Å². The molecule has 6 aromatic carbocycles. The molecule has 1 aliphatic rings. The van der Waals surface area contributed by atoms with E-state index >= 15 is 0 Å². The Balaban J connectivity index is 0.00000165. The summed E-state index contributed by atoms with van der Waals surface area (Å²) >= 11 is 0. The van der Waals surface area contributed by atoms with Crippen LogP contribution in [0.1, 0.15) is 37.5 Å². The standard InChI is InChI=1S/C44H30N2.C2H6/c1-29(19-25-40-38-17-9-7-15-36(38)37-16-8-10-18-39(37)40)30-20-22-31(23-21-30)32-24-26-42-41(27-32)43-44(46(42)34-12-3-2-4-13-34)35-14-6-5-11-33(35)28-45-43;1-2/h2-28H,1H3;1-2H3/b29-19+;. The molecule has 2 heteroatoms. The lowest BCUT2D eigenvalue weighted by Crippen LogP contribution is -1.94. The van der Waals surface area contributed by atoms with Gasteiger partial charge in [0.1, 0.15) is 0 Å². The fraction of sp³-hybridized carbons (Fsp3) is 0.0652. The maximum absolute atomic E-state index is 5.00. The van der Waals surface area contributed by atoms with Crippen LogP contribution in [0, 0.1) is 0 Å². The van der Waals surface area contributed by atoms with E-state index in [0.717, 1.165) is 33.0 Å². The summed E-state index contributed by atoms with van der Waals surface area (Å²) in [7, 11) is 0. The first-order chi connectivity index (χ1) is 23.7. The van der Waals surface area contributed by atoms with Crippen LogP contribution in [0.2, 0.25) is 0 Å². The average molecular weight is 617 g/mol. The summed E-state index contributed by atoms with van der Waals surface area (Å²) in [4.78, 5) is 5.00. The number of benzene rings is 6. The maximum atomic E-state index is 5.00. The Labute approximate surface area is 282 Å². The van der Waals surface area contributed by atoms with E-state index in [9.17, 15) is 0 Å². The van der Waals surface area contributed by atoms with Gasteiger partial charge in [-0.25, -0.2) is 0 Å². The summed E-state index contributed by atoms with van der Waals surface area (Å²) in [5.41, 5.74) is 15.8. The largest absolute Gasteiger partial charge is 0.307 e. The highest BCUT2D eigenvalue weighted by molar-refractivity contribution is 6.17. The van der Waals surface area contributed by atoms with Gasteiger partial charge in [-0.2, -0.15) is 0 Å². The first kappa shape index (κ1) is 29.4. The molecule has 0 saturated heterocycles. The minimum atomic E-state index is 1.03. The van der Waals surface area contributed by atoms with Crippen LogP contribution in [0.25, 0.3) is 71.8 Å². The summed E-state index contributed by atoms with van der Waals surface area (Å²) in [6.45, 7) is 6.19. The smallest absolute Gasteiger partial charge is 0.0970 e. The molecular formula is C46H36N2. The Kier molecular flexibility index (Phi) is 7.55. The second-order valence-electron chi connectivity index (χ2n) is 12.0. The minimum absolute atomic E-state index is 1.03. The average Bonchev–Trinajstić information content (AvgIpc) is 3.67. The number of hydrogen-bond acceptors (Lipinski definition) is 1. The van der Waals surface area contributed by atoms with Crippen molar-refractivity contribution in [1.82, 2.24) is 9.55 Å². The number of rotatable bonds is 4. The van der Waals surface area contributed by atoms with Crippen LogP contribution in [0.5, 0.6) is 0 Å². The quantitative estimate of drug-likeness (QED) is 0.192. The summed E-state index contributed by atoms with van der Waals surface area (Å²) in [6.07, 6.45) is 6.53. The molecule has 2 aromatic heterocycles. The highest BCUT2D eigenvalue weighted by Gasteiger charge is 2.22. The topological polar surface area (TPSA) is 17.8 Å². The fourth-order valence-electron chi connectivity index (χ4n) is 7.10. The first-order valence-electron chi connectivity index (χ1n) is 16.8. The van der Waals surface area contributed by atoms with E-state index in [1.54, 1.807) is 0 Å². The van der Waals surface area contributed by atoms with Crippen LogP contribution in [0.3, 0.4) is 0 Å². The number of para-hydroxylation sites is 1. The van der Waals surface area contributed by atoms with Crippen molar-refractivity contribution in [2.75, 3.05) is 0 Å². The second kappa shape index (κ2) is 12.3. The molecule has 0 radical (unpaired) electrons. The van der Waals surface area contributed by atoms with E-state index in [1.807, 2.05) is 20.0 Å². The van der Waals surface area contributed by atoms with Gasteiger partial charge >= 0.3 is 0 Å². The second-order valence-corrected chi connectivity index (χ2v) is 12.0. The first-order valence-corrected chi connectivity index (χ1v) is 16.8. The van der Waals surface area contributed by atoms with Crippen molar-refractivity contribution < 1.29 is 0 Å². The normalized spacial score (nSPS) is 12.1. The molecule has 230 valence electrons. The summed E-state index contributed by atoms with van der Waals surface area (Å²) in [5, 5.41) is 3.51. The van der Waals surface area contributed by atoms with Gasteiger partial charge in [0.2, 0.25) is 0 Å². The van der Waals surface area contributed by atoms with E-state index in [1.165, 1.54) is 55.5 Å². The van der Waals surface area contributed by atoms with E-state index < -0.39 is 0 Å². The van der Waals surface area contributed by atoms with Gasteiger partial charge in [0, 0.05) is 28.0 Å². The van der Waals surface area contributed by atoms with Gasteiger partial charge < -0.3 is 4.57 Å². The van der Waals surface area contributed by atoms with E-state index in [-0.39, 0.29) is 0 Å². The van der Waals surface area contributed by atoms with Crippen molar-refractivity contribution in [2.45, 2.75) is 20.8 Å². The predicted molar refractivity (Wildman–Crippen MR) is 205 cm³/mol. The van der Waals surface area contributed by atoms with Crippen LogP contribution < -0.4 is 0 Å². The van der Waals surface area contributed by atoms with Gasteiger partial charge in [-0.1, -0.05) is 147 Å². The number of hydrogen-bond donors (Lipinski definition) is 0. The molecule has 0 unspecified atom stereocenters. The zero-order chi connectivity index (χ0) is 32.6.